The quantitative estimate of drug-likeness (QED) is 0.838. The van der Waals surface area contributed by atoms with Gasteiger partial charge in [-0.1, -0.05) is 26.3 Å². The molecule has 1 fully saturated rings. The third-order valence-corrected chi connectivity index (χ3v) is 4.04. The fourth-order valence-electron chi connectivity index (χ4n) is 2.91. The van der Waals surface area contributed by atoms with Gasteiger partial charge in [0.05, 0.1) is 12.8 Å². The average Bonchev–Trinajstić information content (AvgIpc) is 2.49. The first-order chi connectivity index (χ1) is 10.2. The maximum atomic E-state index is 5.22. The van der Waals surface area contributed by atoms with Gasteiger partial charge >= 0.3 is 0 Å². The third kappa shape index (κ3) is 5.29. The average molecular weight is 291 g/mol. The predicted molar refractivity (Wildman–Crippen MR) is 86.5 cm³/mol. The van der Waals surface area contributed by atoms with E-state index in [1.165, 1.54) is 25.8 Å². The Balaban J connectivity index is 1.91. The number of hydrogen-bond acceptors (Lipinski definition) is 4. The Kier molecular flexibility index (Phi) is 6.46. The Bertz CT molecular complexity index is 422. The number of nitrogens with zero attached hydrogens (tertiary/aromatic N) is 2. The summed E-state index contributed by atoms with van der Waals surface area (Å²) >= 11 is 0. The number of rotatable bonds is 7. The second kappa shape index (κ2) is 8.35. The molecular formula is C17H29N3O. The highest BCUT2D eigenvalue weighted by Crippen LogP contribution is 2.19. The third-order valence-electron chi connectivity index (χ3n) is 4.04. The lowest BCUT2D eigenvalue weighted by Crippen LogP contribution is -2.45. The molecule has 2 heterocycles. The lowest BCUT2D eigenvalue weighted by atomic mass is 10.0. The first-order valence-electron chi connectivity index (χ1n) is 8.13. The van der Waals surface area contributed by atoms with Crippen molar-refractivity contribution >= 4 is 0 Å². The molecule has 118 valence electrons. The molecule has 0 radical (unpaired) electrons. The van der Waals surface area contributed by atoms with Crippen molar-refractivity contribution < 1.29 is 4.74 Å². The van der Waals surface area contributed by atoms with Crippen molar-refractivity contribution in [3.8, 4) is 5.88 Å². The van der Waals surface area contributed by atoms with Gasteiger partial charge in [0.15, 0.2) is 0 Å². The Morgan fingerprint density at radius 1 is 1.38 bits per heavy atom. The van der Waals surface area contributed by atoms with Gasteiger partial charge in [0.1, 0.15) is 0 Å². The smallest absolute Gasteiger partial charge is 0.213 e. The number of aromatic nitrogens is 1. The van der Waals surface area contributed by atoms with Crippen LogP contribution in [0.2, 0.25) is 0 Å². The summed E-state index contributed by atoms with van der Waals surface area (Å²) in [5.41, 5.74) is 1.10. The van der Waals surface area contributed by atoms with Gasteiger partial charge in [-0.3, -0.25) is 4.90 Å². The van der Waals surface area contributed by atoms with Gasteiger partial charge in [-0.05, 0) is 37.9 Å². The molecule has 0 amide bonds. The maximum Gasteiger partial charge on any atom is 0.213 e. The summed E-state index contributed by atoms with van der Waals surface area (Å²) < 4.78 is 5.22. The molecular weight excluding hydrogens is 262 g/mol. The van der Waals surface area contributed by atoms with Gasteiger partial charge in [0.2, 0.25) is 5.88 Å². The second-order valence-electron chi connectivity index (χ2n) is 6.34. The topological polar surface area (TPSA) is 37.4 Å². The molecule has 1 atom stereocenters. The lowest BCUT2D eigenvalue weighted by Gasteiger charge is -2.35. The van der Waals surface area contributed by atoms with Crippen molar-refractivity contribution in [1.82, 2.24) is 15.2 Å². The number of nitrogens with one attached hydrogen (secondary N) is 1. The molecule has 0 spiro atoms. The van der Waals surface area contributed by atoms with Crippen LogP contribution in [0.1, 0.15) is 38.8 Å². The molecule has 1 aliphatic rings. The predicted octanol–water partition coefficient (Wildman–Crippen LogP) is 2.69. The first kappa shape index (κ1) is 16.2. The van der Waals surface area contributed by atoms with Crippen LogP contribution in [0.5, 0.6) is 5.88 Å². The highest BCUT2D eigenvalue weighted by molar-refractivity contribution is 5.15. The van der Waals surface area contributed by atoms with Gasteiger partial charge in [-0.25, -0.2) is 4.98 Å². The summed E-state index contributed by atoms with van der Waals surface area (Å²) in [6.45, 7) is 8.79. The molecule has 1 aromatic rings. The minimum absolute atomic E-state index is 0.630. The summed E-state index contributed by atoms with van der Waals surface area (Å²) in [5.74, 6) is 1.42. The van der Waals surface area contributed by atoms with E-state index in [4.69, 9.17) is 4.74 Å². The first-order valence-corrected chi connectivity index (χ1v) is 8.13. The van der Waals surface area contributed by atoms with Gasteiger partial charge in [-0.2, -0.15) is 0 Å². The lowest BCUT2D eigenvalue weighted by molar-refractivity contribution is 0.135. The zero-order valence-electron chi connectivity index (χ0n) is 13.6. The standard InChI is InChI=1S/C17H29N3O/c1-14(2)11-18-12-16-8-4-5-10-20(16)13-15-7-6-9-17(19-15)21-3/h6-7,9,14,16,18H,4-5,8,10-13H2,1-3H3. The summed E-state index contributed by atoms with van der Waals surface area (Å²) in [5, 5.41) is 3.61. The van der Waals surface area contributed by atoms with E-state index in [2.05, 4.69) is 35.1 Å². The van der Waals surface area contributed by atoms with Crippen LogP contribution >= 0.6 is 0 Å². The van der Waals surface area contributed by atoms with E-state index in [1.54, 1.807) is 7.11 Å². The maximum absolute atomic E-state index is 5.22. The van der Waals surface area contributed by atoms with E-state index < -0.39 is 0 Å². The van der Waals surface area contributed by atoms with Crippen molar-refractivity contribution in [2.24, 2.45) is 5.92 Å². The van der Waals surface area contributed by atoms with E-state index in [-0.39, 0.29) is 0 Å². The van der Waals surface area contributed by atoms with Crippen LogP contribution in [0.15, 0.2) is 18.2 Å². The molecule has 1 saturated heterocycles. The van der Waals surface area contributed by atoms with Gasteiger partial charge < -0.3 is 10.1 Å². The molecule has 1 aromatic heterocycles. The SMILES string of the molecule is COc1cccc(CN2CCCCC2CNCC(C)C)n1. The second-order valence-corrected chi connectivity index (χ2v) is 6.34. The largest absolute Gasteiger partial charge is 0.481 e. The number of pyridine rings is 1. The minimum atomic E-state index is 0.630. The molecule has 2 rings (SSSR count). The Hall–Kier alpha value is -1.13. The Labute approximate surface area is 128 Å². The highest BCUT2D eigenvalue weighted by Gasteiger charge is 2.22. The zero-order valence-corrected chi connectivity index (χ0v) is 13.6. The fourth-order valence-corrected chi connectivity index (χ4v) is 2.91. The van der Waals surface area contributed by atoms with Crippen LogP contribution in [-0.2, 0) is 6.54 Å². The number of likely N-dealkylation sites (tertiary alicyclic amines) is 1. The Morgan fingerprint density at radius 2 is 2.24 bits per heavy atom. The molecule has 0 aromatic carbocycles. The van der Waals surface area contributed by atoms with Crippen LogP contribution < -0.4 is 10.1 Å². The number of piperidine rings is 1. The van der Waals surface area contributed by atoms with E-state index >= 15 is 0 Å². The summed E-state index contributed by atoms with van der Waals surface area (Å²) in [7, 11) is 1.67. The highest BCUT2D eigenvalue weighted by atomic mass is 16.5. The van der Waals surface area contributed by atoms with Crippen LogP contribution in [0.4, 0.5) is 0 Å². The molecule has 4 heteroatoms. The van der Waals surface area contributed by atoms with E-state index in [1.807, 2.05) is 12.1 Å². The van der Waals surface area contributed by atoms with Crippen molar-refractivity contribution in [2.45, 2.75) is 45.7 Å². The van der Waals surface area contributed by atoms with Crippen LogP contribution in [0.25, 0.3) is 0 Å². The van der Waals surface area contributed by atoms with E-state index in [9.17, 15) is 0 Å². The number of ether oxygens (including phenoxy) is 1. The van der Waals surface area contributed by atoms with Gasteiger partial charge in [0.25, 0.3) is 0 Å². The minimum Gasteiger partial charge on any atom is -0.481 e. The van der Waals surface area contributed by atoms with Crippen molar-refractivity contribution in [1.29, 1.82) is 0 Å². The summed E-state index contributed by atoms with van der Waals surface area (Å²) in [6, 6.07) is 6.65. The van der Waals surface area contributed by atoms with Crippen molar-refractivity contribution in [3.05, 3.63) is 23.9 Å². The zero-order chi connectivity index (χ0) is 15.1. The normalized spacial score (nSPS) is 19.9. The molecule has 0 aliphatic carbocycles. The molecule has 1 unspecified atom stereocenters. The monoisotopic (exact) mass is 291 g/mol. The molecule has 1 aliphatic heterocycles. The number of methoxy groups -OCH3 is 1. The molecule has 4 nitrogen and oxygen atoms in total. The van der Waals surface area contributed by atoms with Crippen LogP contribution in [0, 0.1) is 5.92 Å². The van der Waals surface area contributed by atoms with Crippen molar-refractivity contribution in [3.63, 3.8) is 0 Å². The van der Waals surface area contributed by atoms with Gasteiger partial charge in [0, 0.05) is 25.2 Å². The van der Waals surface area contributed by atoms with E-state index in [0.717, 1.165) is 25.3 Å². The summed E-state index contributed by atoms with van der Waals surface area (Å²) in [4.78, 5) is 7.11. The van der Waals surface area contributed by atoms with Crippen LogP contribution in [0.3, 0.4) is 0 Å². The molecule has 0 saturated carbocycles. The number of hydrogen-bond donors (Lipinski definition) is 1. The Morgan fingerprint density at radius 3 is 3.00 bits per heavy atom. The van der Waals surface area contributed by atoms with Crippen molar-refractivity contribution in [2.75, 3.05) is 26.7 Å². The molecule has 1 N–H and O–H groups in total. The van der Waals surface area contributed by atoms with E-state index in [0.29, 0.717) is 17.8 Å². The molecule has 0 bridgehead atoms. The molecule has 21 heavy (non-hydrogen) atoms. The van der Waals surface area contributed by atoms with Crippen LogP contribution in [-0.4, -0.2) is 42.7 Å². The fraction of sp³-hybridized carbons (Fsp3) is 0.706. The van der Waals surface area contributed by atoms with Gasteiger partial charge in [-0.15, -0.1) is 0 Å². The summed E-state index contributed by atoms with van der Waals surface area (Å²) in [6.07, 6.45) is 3.93.